The van der Waals surface area contributed by atoms with E-state index in [1.165, 1.54) is 5.56 Å². The number of carbonyl (C=O) groups excluding carboxylic acids is 1. The average molecular weight is 348 g/mol. The summed E-state index contributed by atoms with van der Waals surface area (Å²) in [5, 5.41) is 3.70. The van der Waals surface area contributed by atoms with Gasteiger partial charge in [-0.05, 0) is 30.0 Å². The molecule has 4 heteroatoms. The van der Waals surface area contributed by atoms with Crippen molar-refractivity contribution in [3.05, 3.63) is 71.3 Å². The van der Waals surface area contributed by atoms with Crippen LogP contribution in [0.5, 0.6) is 5.75 Å². The molecular weight excluding hydrogens is 324 g/mol. The third-order valence-corrected chi connectivity index (χ3v) is 5.51. The second kappa shape index (κ2) is 6.52. The van der Waals surface area contributed by atoms with Gasteiger partial charge < -0.3 is 15.0 Å². The van der Waals surface area contributed by atoms with E-state index in [9.17, 15) is 4.79 Å². The van der Waals surface area contributed by atoms with Crippen LogP contribution in [0.25, 0.3) is 0 Å². The smallest absolute Gasteiger partial charge is 0.255 e. The fourth-order valence-electron chi connectivity index (χ4n) is 4.27. The molecule has 3 unspecified atom stereocenters. The lowest BCUT2D eigenvalue weighted by molar-refractivity contribution is 0.0828. The van der Waals surface area contributed by atoms with E-state index < -0.39 is 0 Å². The second-order valence-corrected chi connectivity index (χ2v) is 7.19. The molecule has 0 spiro atoms. The van der Waals surface area contributed by atoms with Crippen molar-refractivity contribution in [3.63, 3.8) is 0 Å². The normalized spacial score (nSPS) is 23.0. The summed E-state index contributed by atoms with van der Waals surface area (Å²) in [4.78, 5) is 14.3. The van der Waals surface area contributed by atoms with Crippen molar-refractivity contribution in [2.45, 2.75) is 18.4 Å². The molecule has 2 aromatic carbocycles. The zero-order valence-corrected chi connectivity index (χ0v) is 15.4. The highest BCUT2D eigenvalue weighted by atomic mass is 16.5. The predicted octanol–water partition coefficient (Wildman–Crippen LogP) is 4.22. The number of carbonyl (C=O) groups is 1. The molecule has 2 aliphatic rings. The van der Waals surface area contributed by atoms with Crippen molar-refractivity contribution >= 4 is 11.6 Å². The SMILES string of the molecule is COc1ccccc1C1Nc2c(C(=O)N(C)C)cccc2C2C=CCC21. The Labute approximate surface area is 154 Å². The van der Waals surface area contributed by atoms with Crippen LogP contribution in [-0.2, 0) is 0 Å². The van der Waals surface area contributed by atoms with Gasteiger partial charge in [0.2, 0.25) is 0 Å². The molecule has 1 heterocycles. The maximum Gasteiger partial charge on any atom is 0.255 e. The summed E-state index contributed by atoms with van der Waals surface area (Å²) in [5.74, 6) is 1.64. The highest BCUT2D eigenvalue weighted by molar-refractivity contribution is 6.00. The topological polar surface area (TPSA) is 41.6 Å². The van der Waals surface area contributed by atoms with E-state index in [0.29, 0.717) is 11.8 Å². The molecule has 26 heavy (non-hydrogen) atoms. The lowest BCUT2D eigenvalue weighted by Gasteiger charge is -2.39. The summed E-state index contributed by atoms with van der Waals surface area (Å²) in [6.07, 6.45) is 5.57. The minimum absolute atomic E-state index is 0.0218. The molecular formula is C22H24N2O2. The van der Waals surface area contributed by atoms with Crippen molar-refractivity contribution in [2.24, 2.45) is 5.92 Å². The summed E-state index contributed by atoms with van der Waals surface area (Å²) >= 11 is 0. The van der Waals surface area contributed by atoms with Gasteiger partial charge in [0.1, 0.15) is 5.75 Å². The number of fused-ring (bicyclic) bond motifs is 3. The van der Waals surface area contributed by atoms with E-state index >= 15 is 0 Å². The Balaban J connectivity index is 1.85. The predicted molar refractivity (Wildman–Crippen MR) is 104 cm³/mol. The largest absolute Gasteiger partial charge is 0.496 e. The first-order valence-electron chi connectivity index (χ1n) is 9.02. The van der Waals surface area contributed by atoms with Crippen molar-refractivity contribution < 1.29 is 9.53 Å². The molecule has 1 N–H and O–H groups in total. The minimum Gasteiger partial charge on any atom is -0.496 e. The van der Waals surface area contributed by atoms with Gasteiger partial charge in [-0.25, -0.2) is 0 Å². The van der Waals surface area contributed by atoms with E-state index in [0.717, 1.165) is 29.0 Å². The van der Waals surface area contributed by atoms with Crippen LogP contribution in [-0.4, -0.2) is 32.0 Å². The molecule has 1 aliphatic carbocycles. The number of ether oxygens (including phenoxy) is 1. The van der Waals surface area contributed by atoms with Crippen LogP contribution in [0.1, 0.15) is 39.9 Å². The standard InChI is InChI=1S/C22H24N2O2/c1-24(2)22(25)18-12-7-11-16-14-9-6-10-15(14)20(23-21(16)18)17-8-4-5-13-19(17)26-3/h4-9,11-15,20,23H,10H2,1-3H3. The number of methoxy groups -OCH3 is 1. The average Bonchev–Trinajstić information content (AvgIpc) is 3.16. The van der Waals surface area contributed by atoms with Gasteiger partial charge in [-0.1, -0.05) is 42.5 Å². The van der Waals surface area contributed by atoms with Gasteiger partial charge in [0.25, 0.3) is 5.91 Å². The Bertz CT molecular complexity index is 872. The van der Waals surface area contributed by atoms with Gasteiger partial charge >= 0.3 is 0 Å². The number of benzene rings is 2. The quantitative estimate of drug-likeness (QED) is 0.844. The van der Waals surface area contributed by atoms with Crippen molar-refractivity contribution in [1.82, 2.24) is 4.90 Å². The zero-order valence-electron chi connectivity index (χ0n) is 15.4. The number of nitrogens with zero attached hydrogens (tertiary/aromatic N) is 1. The molecule has 134 valence electrons. The van der Waals surface area contributed by atoms with E-state index in [2.05, 4.69) is 29.6 Å². The van der Waals surface area contributed by atoms with Gasteiger partial charge in [-0.2, -0.15) is 0 Å². The molecule has 0 radical (unpaired) electrons. The molecule has 1 amide bonds. The first-order valence-corrected chi connectivity index (χ1v) is 9.02. The zero-order chi connectivity index (χ0) is 18.3. The fraction of sp³-hybridized carbons (Fsp3) is 0.318. The van der Waals surface area contributed by atoms with E-state index in [1.807, 2.05) is 30.3 Å². The Morgan fingerprint density at radius 2 is 1.88 bits per heavy atom. The summed E-state index contributed by atoms with van der Waals surface area (Å²) in [7, 11) is 5.29. The van der Waals surface area contributed by atoms with Crippen molar-refractivity contribution in [2.75, 3.05) is 26.5 Å². The molecule has 3 atom stereocenters. The summed E-state index contributed by atoms with van der Waals surface area (Å²) in [5.41, 5.74) is 4.04. The molecule has 0 aromatic heterocycles. The molecule has 0 saturated heterocycles. The Morgan fingerprint density at radius 3 is 2.65 bits per heavy atom. The van der Waals surface area contributed by atoms with Gasteiger partial charge in [0.05, 0.1) is 24.4 Å². The highest BCUT2D eigenvalue weighted by Crippen LogP contribution is 2.51. The van der Waals surface area contributed by atoms with Crippen LogP contribution in [0.4, 0.5) is 5.69 Å². The Hall–Kier alpha value is -2.75. The lowest BCUT2D eigenvalue weighted by atomic mass is 9.76. The lowest BCUT2D eigenvalue weighted by Crippen LogP contribution is -2.32. The number of hydrogen-bond donors (Lipinski definition) is 1. The third-order valence-electron chi connectivity index (χ3n) is 5.51. The van der Waals surface area contributed by atoms with Crippen LogP contribution in [0.2, 0.25) is 0 Å². The summed E-state index contributed by atoms with van der Waals surface area (Å²) < 4.78 is 5.62. The summed E-state index contributed by atoms with van der Waals surface area (Å²) in [6, 6.07) is 14.3. The summed E-state index contributed by atoms with van der Waals surface area (Å²) in [6.45, 7) is 0. The number of nitrogens with one attached hydrogen (secondary N) is 1. The number of para-hydroxylation sites is 2. The first-order chi connectivity index (χ1) is 12.6. The van der Waals surface area contributed by atoms with Gasteiger partial charge in [-0.15, -0.1) is 0 Å². The number of hydrogen-bond acceptors (Lipinski definition) is 3. The molecule has 0 saturated carbocycles. The van der Waals surface area contributed by atoms with Gasteiger partial charge in [-0.3, -0.25) is 4.79 Å². The third kappa shape index (κ3) is 2.57. The minimum atomic E-state index is 0.0218. The van der Waals surface area contributed by atoms with Crippen LogP contribution < -0.4 is 10.1 Å². The van der Waals surface area contributed by atoms with E-state index in [-0.39, 0.29) is 11.9 Å². The highest BCUT2D eigenvalue weighted by Gasteiger charge is 2.40. The maximum atomic E-state index is 12.7. The van der Waals surface area contributed by atoms with Gasteiger partial charge in [0, 0.05) is 25.6 Å². The Morgan fingerprint density at radius 1 is 1.12 bits per heavy atom. The molecule has 2 aromatic rings. The van der Waals surface area contributed by atoms with E-state index in [1.54, 1.807) is 26.1 Å². The number of rotatable bonds is 3. The Kier molecular flexibility index (Phi) is 4.19. The number of anilines is 1. The molecule has 4 nitrogen and oxygen atoms in total. The molecule has 0 bridgehead atoms. The van der Waals surface area contributed by atoms with Crippen LogP contribution in [0, 0.1) is 5.92 Å². The van der Waals surface area contributed by atoms with Crippen LogP contribution in [0.3, 0.4) is 0 Å². The molecule has 0 fully saturated rings. The van der Waals surface area contributed by atoms with Crippen LogP contribution in [0.15, 0.2) is 54.6 Å². The first kappa shape index (κ1) is 16.7. The maximum absolute atomic E-state index is 12.7. The fourth-order valence-corrected chi connectivity index (χ4v) is 4.27. The molecule has 4 rings (SSSR count). The number of allylic oxidation sites excluding steroid dienone is 2. The van der Waals surface area contributed by atoms with E-state index in [4.69, 9.17) is 4.74 Å². The molecule has 1 aliphatic heterocycles. The van der Waals surface area contributed by atoms with Gasteiger partial charge in [0.15, 0.2) is 0 Å². The number of amides is 1. The van der Waals surface area contributed by atoms with Crippen LogP contribution >= 0.6 is 0 Å². The van der Waals surface area contributed by atoms with Crippen molar-refractivity contribution in [3.8, 4) is 5.75 Å². The monoisotopic (exact) mass is 348 g/mol. The van der Waals surface area contributed by atoms with Crippen molar-refractivity contribution in [1.29, 1.82) is 0 Å². The second-order valence-electron chi connectivity index (χ2n) is 7.19.